The summed E-state index contributed by atoms with van der Waals surface area (Å²) in [6.45, 7) is 8.94. The summed E-state index contributed by atoms with van der Waals surface area (Å²) in [5.74, 6) is 1.18. The third-order valence-electron chi connectivity index (χ3n) is 3.27. The highest BCUT2D eigenvalue weighted by Gasteiger charge is 2.21. The first-order valence-electron chi connectivity index (χ1n) is 5.83. The molecule has 0 N–H and O–H groups in total. The minimum Gasteiger partial charge on any atom is -0.442 e. The van der Waals surface area contributed by atoms with Gasteiger partial charge in [-0.3, -0.25) is 4.98 Å². The molecule has 90 valence electrons. The summed E-state index contributed by atoms with van der Waals surface area (Å²) in [5.41, 5.74) is 2.32. The van der Waals surface area contributed by atoms with E-state index in [0.29, 0.717) is 11.7 Å². The van der Waals surface area contributed by atoms with E-state index < -0.39 is 0 Å². The van der Waals surface area contributed by atoms with Crippen molar-refractivity contribution in [2.45, 2.75) is 33.6 Å². The Balaban J connectivity index is 2.25. The van der Waals surface area contributed by atoms with Crippen LogP contribution in [0.3, 0.4) is 0 Å². The van der Waals surface area contributed by atoms with Crippen molar-refractivity contribution < 1.29 is 4.42 Å². The fourth-order valence-electron chi connectivity index (χ4n) is 1.65. The van der Waals surface area contributed by atoms with E-state index in [9.17, 15) is 0 Å². The Morgan fingerprint density at radius 3 is 2.41 bits per heavy atom. The first-order valence-corrected chi connectivity index (χ1v) is 5.83. The number of oxazole rings is 1. The molecule has 0 aliphatic carbocycles. The summed E-state index contributed by atoms with van der Waals surface area (Å²) in [6.07, 6.45) is 5.02. The molecule has 0 aromatic carbocycles. The van der Waals surface area contributed by atoms with Crippen molar-refractivity contribution in [1.29, 1.82) is 0 Å². The molecule has 0 aliphatic rings. The number of hydrogen-bond donors (Lipinski definition) is 0. The van der Waals surface area contributed by atoms with Crippen molar-refractivity contribution in [3.63, 3.8) is 0 Å². The largest absolute Gasteiger partial charge is 0.442 e. The fourth-order valence-corrected chi connectivity index (χ4v) is 1.65. The van der Waals surface area contributed by atoms with Crippen LogP contribution in [0.15, 0.2) is 35.3 Å². The Bertz CT molecular complexity index is 466. The predicted molar refractivity (Wildman–Crippen MR) is 67.6 cm³/mol. The van der Waals surface area contributed by atoms with Gasteiger partial charge in [-0.15, -0.1) is 0 Å². The molecule has 3 nitrogen and oxygen atoms in total. The molecular weight excluding hydrogens is 212 g/mol. The molecule has 2 aromatic rings. The first-order chi connectivity index (χ1) is 7.98. The van der Waals surface area contributed by atoms with E-state index in [2.05, 4.69) is 43.7 Å². The Morgan fingerprint density at radius 1 is 1.18 bits per heavy atom. The van der Waals surface area contributed by atoms with Gasteiger partial charge < -0.3 is 4.42 Å². The van der Waals surface area contributed by atoms with E-state index in [4.69, 9.17) is 4.42 Å². The molecule has 0 fully saturated rings. The lowest BCUT2D eigenvalue weighted by Gasteiger charge is -2.27. The van der Waals surface area contributed by atoms with Gasteiger partial charge in [-0.25, -0.2) is 4.98 Å². The van der Waals surface area contributed by atoms with E-state index in [0.717, 1.165) is 5.69 Å². The highest BCUT2D eigenvalue weighted by molar-refractivity contribution is 5.50. The lowest BCUT2D eigenvalue weighted by atomic mass is 9.78. The summed E-state index contributed by atoms with van der Waals surface area (Å²) >= 11 is 0. The number of hydrogen-bond acceptors (Lipinski definition) is 3. The molecule has 0 bridgehead atoms. The molecular formula is C14H18N2O. The van der Waals surface area contributed by atoms with Crippen LogP contribution in [0.5, 0.6) is 0 Å². The Hall–Kier alpha value is -1.64. The van der Waals surface area contributed by atoms with Gasteiger partial charge in [-0.05, 0) is 23.0 Å². The zero-order chi connectivity index (χ0) is 12.5. The van der Waals surface area contributed by atoms with Crippen LogP contribution in [0, 0.1) is 5.41 Å². The van der Waals surface area contributed by atoms with E-state index in [-0.39, 0.29) is 5.41 Å². The molecule has 2 rings (SSSR count). The van der Waals surface area contributed by atoms with Crippen LogP contribution in [0.2, 0.25) is 0 Å². The second-order valence-corrected chi connectivity index (χ2v) is 5.43. The summed E-state index contributed by atoms with van der Waals surface area (Å²) in [5, 5.41) is 0. The molecule has 3 heteroatoms. The van der Waals surface area contributed by atoms with Gasteiger partial charge >= 0.3 is 0 Å². The Morgan fingerprint density at radius 2 is 1.94 bits per heavy atom. The van der Waals surface area contributed by atoms with Crippen LogP contribution in [-0.2, 0) is 0 Å². The molecule has 0 spiro atoms. The third-order valence-corrected chi connectivity index (χ3v) is 3.27. The van der Waals surface area contributed by atoms with Gasteiger partial charge in [0.1, 0.15) is 5.69 Å². The van der Waals surface area contributed by atoms with Gasteiger partial charge in [-0.2, -0.15) is 0 Å². The normalized spacial score (nSPS) is 13.6. The summed E-state index contributed by atoms with van der Waals surface area (Å²) in [4.78, 5) is 8.31. The molecule has 0 saturated carbocycles. The fraction of sp³-hybridized carbons (Fsp3) is 0.429. The highest BCUT2D eigenvalue weighted by Crippen LogP contribution is 2.34. The standard InChI is InChI=1S/C14H18N2O/c1-10(14(2,3)4)11-5-6-12(16-7-11)13-8-15-9-17-13/h5-10H,1-4H3/t10-/m0/s1. The summed E-state index contributed by atoms with van der Waals surface area (Å²) in [7, 11) is 0. The smallest absolute Gasteiger partial charge is 0.181 e. The van der Waals surface area contributed by atoms with Crippen LogP contribution in [-0.4, -0.2) is 9.97 Å². The molecule has 17 heavy (non-hydrogen) atoms. The zero-order valence-corrected chi connectivity index (χ0v) is 10.8. The van der Waals surface area contributed by atoms with E-state index in [1.54, 1.807) is 6.20 Å². The van der Waals surface area contributed by atoms with Crippen molar-refractivity contribution in [3.05, 3.63) is 36.5 Å². The van der Waals surface area contributed by atoms with Crippen LogP contribution < -0.4 is 0 Å². The van der Waals surface area contributed by atoms with Gasteiger partial charge in [0.05, 0.1) is 6.20 Å². The minimum absolute atomic E-state index is 0.245. The van der Waals surface area contributed by atoms with E-state index in [1.807, 2.05) is 12.3 Å². The monoisotopic (exact) mass is 230 g/mol. The number of nitrogens with zero attached hydrogens (tertiary/aromatic N) is 2. The van der Waals surface area contributed by atoms with Crippen molar-refractivity contribution in [1.82, 2.24) is 9.97 Å². The average Bonchev–Trinajstić information content (AvgIpc) is 2.80. The third kappa shape index (κ3) is 2.54. The molecule has 2 heterocycles. The van der Waals surface area contributed by atoms with Gasteiger partial charge in [-0.1, -0.05) is 33.8 Å². The van der Waals surface area contributed by atoms with Crippen LogP contribution in [0.4, 0.5) is 0 Å². The molecule has 0 unspecified atom stereocenters. The van der Waals surface area contributed by atoms with Gasteiger partial charge in [0.25, 0.3) is 0 Å². The number of rotatable bonds is 2. The summed E-state index contributed by atoms with van der Waals surface area (Å²) in [6, 6.07) is 4.10. The number of aromatic nitrogens is 2. The lowest BCUT2D eigenvalue weighted by Crippen LogP contribution is -2.15. The number of pyridine rings is 1. The highest BCUT2D eigenvalue weighted by atomic mass is 16.3. The average molecular weight is 230 g/mol. The topological polar surface area (TPSA) is 38.9 Å². The molecule has 0 amide bonds. The van der Waals surface area contributed by atoms with Crippen LogP contribution >= 0.6 is 0 Å². The molecule has 0 aliphatic heterocycles. The Labute approximate surface area is 102 Å². The first kappa shape index (κ1) is 11.8. The quantitative estimate of drug-likeness (QED) is 0.785. The van der Waals surface area contributed by atoms with E-state index >= 15 is 0 Å². The molecule has 0 radical (unpaired) electrons. The van der Waals surface area contributed by atoms with E-state index in [1.165, 1.54) is 12.0 Å². The second-order valence-electron chi connectivity index (χ2n) is 5.43. The SMILES string of the molecule is C[C@@H](c1ccc(-c2cnco2)nc1)C(C)(C)C. The zero-order valence-electron chi connectivity index (χ0n) is 10.8. The van der Waals surface area contributed by atoms with Gasteiger partial charge in [0.2, 0.25) is 0 Å². The molecule has 1 atom stereocenters. The lowest BCUT2D eigenvalue weighted by molar-refractivity contribution is 0.339. The molecule has 2 aromatic heterocycles. The van der Waals surface area contributed by atoms with Crippen molar-refractivity contribution in [2.24, 2.45) is 5.41 Å². The maximum Gasteiger partial charge on any atom is 0.181 e. The molecule has 0 saturated heterocycles. The van der Waals surface area contributed by atoms with Gasteiger partial charge in [0, 0.05) is 6.20 Å². The maximum absolute atomic E-state index is 5.21. The minimum atomic E-state index is 0.245. The van der Waals surface area contributed by atoms with Crippen molar-refractivity contribution in [3.8, 4) is 11.5 Å². The van der Waals surface area contributed by atoms with Crippen LogP contribution in [0.1, 0.15) is 39.2 Å². The summed E-state index contributed by atoms with van der Waals surface area (Å²) < 4.78 is 5.21. The Kier molecular flexibility index (Phi) is 3.01. The predicted octanol–water partition coefficient (Wildman–Crippen LogP) is 3.89. The van der Waals surface area contributed by atoms with Gasteiger partial charge in [0.15, 0.2) is 12.2 Å². The maximum atomic E-state index is 5.21. The van der Waals surface area contributed by atoms with Crippen molar-refractivity contribution >= 4 is 0 Å². The second kappa shape index (κ2) is 4.32. The van der Waals surface area contributed by atoms with Crippen LogP contribution in [0.25, 0.3) is 11.5 Å². The van der Waals surface area contributed by atoms with Crippen molar-refractivity contribution in [2.75, 3.05) is 0 Å².